The highest BCUT2D eigenvalue weighted by molar-refractivity contribution is 5.64. The molecule has 1 aromatic heterocycles. The Hall–Kier alpha value is -2.54. The zero-order valence-electron chi connectivity index (χ0n) is 10.1. The molecule has 1 heterocycles. The van der Waals surface area contributed by atoms with E-state index in [9.17, 15) is 0 Å². The van der Waals surface area contributed by atoms with Gasteiger partial charge in [-0.3, -0.25) is 4.98 Å². The van der Waals surface area contributed by atoms with Crippen LogP contribution >= 0.6 is 0 Å². The Morgan fingerprint density at radius 1 is 1.17 bits per heavy atom. The van der Waals surface area contributed by atoms with Crippen molar-refractivity contribution in [3.8, 4) is 6.07 Å². The van der Waals surface area contributed by atoms with Crippen LogP contribution in [0.4, 0.5) is 17.1 Å². The Bertz CT molecular complexity index is 572. The van der Waals surface area contributed by atoms with Gasteiger partial charge in [0.25, 0.3) is 0 Å². The van der Waals surface area contributed by atoms with Crippen LogP contribution < -0.4 is 10.6 Å². The normalized spacial score (nSPS) is 9.56. The van der Waals surface area contributed by atoms with Gasteiger partial charge in [0.05, 0.1) is 35.4 Å². The highest BCUT2D eigenvalue weighted by Crippen LogP contribution is 2.19. The zero-order chi connectivity index (χ0) is 12.8. The molecule has 0 aliphatic rings. The van der Waals surface area contributed by atoms with Crippen LogP contribution in [0.1, 0.15) is 12.5 Å². The van der Waals surface area contributed by atoms with E-state index in [4.69, 9.17) is 5.26 Å². The molecule has 18 heavy (non-hydrogen) atoms. The van der Waals surface area contributed by atoms with Crippen molar-refractivity contribution in [1.29, 1.82) is 5.26 Å². The van der Waals surface area contributed by atoms with Gasteiger partial charge in [-0.05, 0) is 31.2 Å². The van der Waals surface area contributed by atoms with E-state index in [1.165, 1.54) is 0 Å². The number of anilines is 3. The maximum Gasteiger partial charge on any atom is 0.0992 e. The van der Waals surface area contributed by atoms with E-state index >= 15 is 0 Å². The van der Waals surface area contributed by atoms with Gasteiger partial charge in [0.2, 0.25) is 0 Å². The van der Waals surface area contributed by atoms with E-state index in [1.54, 1.807) is 24.5 Å². The van der Waals surface area contributed by atoms with Crippen LogP contribution in [0.3, 0.4) is 0 Å². The first-order chi connectivity index (χ1) is 8.81. The van der Waals surface area contributed by atoms with Gasteiger partial charge < -0.3 is 10.6 Å². The predicted octanol–water partition coefficient (Wildman–Crippen LogP) is 3.13. The average Bonchev–Trinajstić information content (AvgIpc) is 2.40. The fraction of sp³-hybridized carbons (Fsp3) is 0.143. The number of hydrogen-bond donors (Lipinski definition) is 2. The lowest BCUT2D eigenvalue weighted by atomic mass is 10.2. The lowest BCUT2D eigenvalue weighted by Gasteiger charge is -2.08. The molecule has 0 unspecified atom stereocenters. The quantitative estimate of drug-likeness (QED) is 0.859. The Morgan fingerprint density at radius 2 is 2.00 bits per heavy atom. The summed E-state index contributed by atoms with van der Waals surface area (Å²) in [6.07, 6.45) is 3.53. The SMILES string of the molecule is CCNc1cncc(Nc2cccc(C#N)c2)c1. The third-order valence-corrected chi connectivity index (χ3v) is 2.40. The molecule has 0 fully saturated rings. The Balaban J connectivity index is 2.18. The summed E-state index contributed by atoms with van der Waals surface area (Å²) >= 11 is 0. The predicted molar refractivity (Wildman–Crippen MR) is 72.8 cm³/mol. The molecule has 4 nitrogen and oxygen atoms in total. The molecule has 0 aliphatic heterocycles. The number of nitrogens with one attached hydrogen (secondary N) is 2. The molecule has 4 heteroatoms. The maximum atomic E-state index is 8.84. The second-order valence-electron chi connectivity index (χ2n) is 3.81. The van der Waals surface area contributed by atoms with Crippen LogP contribution in [-0.2, 0) is 0 Å². The van der Waals surface area contributed by atoms with E-state index < -0.39 is 0 Å². The summed E-state index contributed by atoms with van der Waals surface area (Å²) in [6, 6.07) is 11.4. The topological polar surface area (TPSA) is 60.7 Å². The molecule has 0 atom stereocenters. The monoisotopic (exact) mass is 238 g/mol. The van der Waals surface area contributed by atoms with Crippen molar-refractivity contribution in [3.05, 3.63) is 48.3 Å². The first kappa shape index (κ1) is 11.9. The van der Waals surface area contributed by atoms with Crippen molar-refractivity contribution in [1.82, 2.24) is 4.98 Å². The molecule has 0 saturated heterocycles. The summed E-state index contributed by atoms with van der Waals surface area (Å²) in [5, 5.41) is 15.3. The molecule has 0 amide bonds. The zero-order valence-corrected chi connectivity index (χ0v) is 10.1. The molecule has 0 bridgehead atoms. The van der Waals surface area contributed by atoms with Gasteiger partial charge in [0.1, 0.15) is 0 Å². The summed E-state index contributed by atoms with van der Waals surface area (Å²) in [5.41, 5.74) is 3.38. The lowest BCUT2D eigenvalue weighted by molar-refractivity contribution is 1.19. The number of benzene rings is 1. The molecule has 2 N–H and O–H groups in total. The number of nitriles is 1. The number of nitrogens with zero attached hydrogens (tertiary/aromatic N) is 2. The van der Waals surface area contributed by atoms with Crippen LogP contribution in [0.25, 0.3) is 0 Å². The van der Waals surface area contributed by atoms with Gasteiger partial charge in [-0.25, -0.2) is 0 Å². The van der Waals surface area contributed by atoms with Gasteiger partial charge in [-0.2, -0.15) is 5.26 Å². The molecule has 0 saturated carbocycles. The van der Waals surface area contributed by atoms with Crippen molar-refractivity contribution < 1.29 is 0 Å². The van der Waals surface area contributed by atoms with Gasteiger partial charge in [0, 0.05) is 12.2 Å². The standard InChI is InChI=1S/C14H14N4/c1-2-17-13-7-14(10-16-9-13)18-12-5-3-4-11(6-12)8-15/h3-7,9-10,17-18H,2H2,1H3. The Kier molecular flexibility index (Phi) is 3.77. The van der Waals surface area contributed by atoms with Crippen molar-refractivity contribution >= 4 is 17.1 Å². The van der Waals surface area contributed by atoms with Crippen LogP contribution in [0, 0.1) is 11.3 Å². The molecule has 2 aromatic rings. The minimum absolute atomic E-state index is 0.635. The molecular formula is C14H14N4. The van der Waals surface area contributed by atoms with E-state index in [0.717, 1.165) is 23.6 Å². The molecule has 1 aromatic carbocycles. The average molecular weight is 238 g/mol. The van der Waals surface area contributed by atoms with Crippen LogP contribution in [0.15, 0.2) is 42.7 Å². The second-order valence-corrected chi connectivity index (χ2v) is 3.81. The molecule has 90 valence electrons. The number of hydrogen-bond acceptors (Lipinski definition) is 4. The largest absolute Gasteiger partial charge is 0.384 e. The molecule has 0 spiro atoms. The van der Waals surface area contributed by atoms with Crippen LogP contribution in [-0.4, -0.2) is 11.5 Å². The molecular weight excluding hydrogens is 224 g/mol. The van der Waals surface area contributed by atoms with Crippen molar-refractivity contribution in [3.63, 3.8) is 0 Å². The number of pyridine rings is 1. The number of aromatic nitrogens is 1. The fourth-order valence-electron chi connectivity index (χ4n) is 1.64. The van der Waals surface area contributed by atoms with Gasteiger partial charge in [-0.1, -0.05) is 6.07 Å². The van der Waals surface area contributed by atoms with Crippen molar-refractivity contribution in [2.24, 2.45) is 0 Å². The van der Waals surface area contributed by atoms with Gasteiger partial charge in [0.15, 0.2) is 0 Å². The van der Waals surface area contributed by atoms with E-state index in [-0.39, 0.29) is 0 Å². The number of rotatable bonds is 4. The highest BCUT2D eigenvalue weighted by Gasteiger charge is 1.98. The summed E-state index contributed by atoms with van der Waals surface area (Å²) in [5.74, 6) is 0. The second kappa shape index (κ2) is 5.69. The van der Waals surface area contributed by atoms with Crippen LogP contribution in [0.2, 0.25) is 0 Å². The maximum absolute atomic E-state index is 8.84. The van der Waals surface area contributed by atoms with Gasteiger partial charge >= 0.3 is 0 Å². The van der Waals surface area contributed by atoms with E-state index in [1.807, 2.05) is 25.1 Å². The minimum Gasteiger partial charge on any atom is -0.384 e. The smallest absolute Gasteiger partial charge is 0.0992 e. The van der Waals surface area contributed by atoms with Crippen molar-refractivity contribution in [2.45, 2.75) is 6.92 Å². The Labute approximate surface area is 106 Å². The first-order valence-electron chi connectivity index (χ1n) is 5.78. The van der Waals surface area contributed by atoms with Crippen LogP contribution in [0.5, 0.6) is 0 Å². The highest BCUT2D eigenvalue weighted by atomic mass is 14.9. The summed E-state index contributed by atoms with van der Waals surface area (Å²) in [7, 11) is 0. The summed E-state index contributed by atoms with van der Waals surface area (Å²) in [4.78, 5) is 4.15. The molecule has 2 rings (SSSR count). The van der Waals surface area contributed by atoms with Gasteiger partial charge in [-0.15, -0.1) is 0 Å². The van der Waals surface area contributed by atoms with E-state index in [2.05, 4.69) is 21.7 Å². The first-order valence-corrected chi connectivity index (χ1v) is 5.78. The Morgan fingerprint density at radius 3 is 2.78 bits per heavy atom. The third kappa shape index (κ3) is 2.98. The summed E-state index contributed by atoms with van der Waals surface area (Å²) in [6.45, 7) is 2.89. The molecule has 0 radical (unpaired) electrons. The summed E-state index contributed by atoms with van der Waals surface area (Å²) < 4.78 is 0. The fourth-order valence-corrected chi connectivity index (χ4v) is 1.64. The molecule has 0 aliphatic carbocycles. The van der Waals surface area contributed by atoms with Crippen molar-refractivity contribution in [2.75, 3.05) is 17.2 Å². The minimum atomic E-state index is 0.635. The van der Waals surface area contributed by atoms with E-state index in [0.29, 0.717) is 5.56 Å². The lowest BCUT2D eigenvalue weighted by Crippen LogP contribution is -1.98. The third-order valence-electron chi connectivity index (χ3n) is 2.40.